The van der Waals surface area contributed by atoms with E-state index in [2.05, 4.69) is 5.32 Å². The molecule has 0 spiro atoms. The number of nitrogens with one attached hydrogen (secondary N) is 1. The lowest BCUT2D eigenvalue weighted by Gasteiger charge is -2.27. The number of rotatable bonds is 8. The van der Waals surface area contributed by atoms with Crippen molar-refractivity contribution in [1.82, 2.24) is 9.88 Å². The number of para-hydroxylation sites is 2. The van der Waals surface area contributed by atoms with E-state index in [1.165, 1.54) is 0 Å². The fraction of sp³-hybridized carbons (Fsp3) is 0.296. The van der Waals surface area contributed by atoms with Crippen LogP contribution in [0.5, 0.6) is 11.5 Å². The van der Waals surface area contributed by atoms with Crippen LogP contribution in [-0.2, 0) is 16.1 Å². The average molecular weight is 477 g/mol. The summed E-state index contributed by atoms with van der Waals surface area (Å²) in [5, 5.41) is 2.50. The minimum atomic E-state index is -0.681. The van der Waals surface area contributed by atoms with Gasteiger partial charge >= 0.3 is 5.97 Å². The number of hydrogen-bond acceptors (Lipinski definition) is 6. The standard InChI is InChI=1S/C27H28N2O6/c1-17-8-10-20(11-9-17)27(32)28-13-26(31)34-16-23(30)22-12-18(2)29(19(22)3)14-21-15-33-24-6-4-5-7-25(24)35-21/h4-12,21H,13-16H2,1-3H3,(H,28,32). The smallest absolute Gasteiger partial charge is 0.325 e. The molecule has 0 saturated heterocycles. The van der Waals surface area contributed by atoms with Gasteiger partial charge in [0.25, 0.3) is 5.91 Å². The maximum absolute atomic E-state index is 12.7. The molecular formula is C27H28N2O6. The molecule has 0 fully saturated rings. The molecule has 3 aromatic rings. The molecule has 0 saturated carbocycles. The number of aromatic nitrogens is 1. The highest BCUT2D eigenvalue weighted by molar-refractivity contribution is 6.00. The van der Waals surface area contributed by atoms with Gasteiger partial charge in [0.2, 0.25) is 5.78 Å². The van der Waals surface area contributed by atoms with Gasteiger partial charge in [0, 0.05) is 22.5 Å². The van der Waals surface area contributed by atoms with Crippen molar-refractivity contribution in [3.05, 3.63) is 82.7 Å². The van der Waals surface area contributed by atoms with Gasteiger partial charge in [-0.1, -0.05) is 29.8 Å². The summed E-state index contributed by atoms with van der Waals surface area (Å²) in [7, 11) is 0. The third kappa shape index (κ3) is 5.71. The van der Waals surface area contributed by atoms with E-state index in [4.69, 9.17) is 14.2 Å². The maximum atomic E-state index is 12.7. The zero-order chi connectivity index (χ0) is 24.9. The lowest BCUT2D eigenvalue weighted by Crippen LogP contribution is -2.33. The second-order valence-corrected chi connectivity index (χ2v) is 8.53. The molecular weight excluding hydrogens is 448 g/mol. The van der Waals surface area contributed by atoms with Crippen LogP contribution >= 0.6 is 0 Å². The number of ketones is 1. The van der Waals surface area contributed by atoms with Crippen molar-refractivity contribution in [2.45, 2.75) is 33.4 Å². The highest BCUT2D eigenvalue weighted by Crippen LogP contribution is 2.31. The Bertz CT molecular complexity index is 1250. The Morgan fingerprint density at radius 1 is 1.03 bits per heavy atom. The van der Waals surface area contributed by atoms with E-state index in [0.717, 1.165) is 22.7 Å². The zero-order valence-corrected chi connectivity index (χ0v) is 20.0. The molecule has 1 N–H and O–H groups in total. The number of hydrogen-bond donors (Lipinski definition) is 1. The van der Waals surface area contributed by atoms with Crippen molar-refractivity contribution in [1.29, 1.82) is 0 Å². The van der Waals surface area contributed by atoms with Crippen LogP contribution < -0.4 is 14.8 Å². The fourth-order valence-electron chi connectivity index (χ4n) is 3.96. The normalized spacial score (nSPS) is 14.3. The van der Waals surface area contributed by atoms with Crippen LogP contribution in [0.15, 0.2) is 54.6 Å². The number of ether oxygens (including phenoxy) is 3. The molecule has 182 valence electrons. The first-order chi connectivity index (χ1) is 16.8. The number of esters is 1. The third-order valence-corrected chi connectivity index (χ3v) is 5.90. The molecule has 1 aliphatic rings. The number of amides is 1. The average Bonchev–Trinajstić information content (AvgIpc) is 3.14. The first kappa shape index (κ1) is 24.1. The molecule has 1 amide bonds. The van der Waals surface area contributed by atoms with E-state index < -0.39 is 12.6 Å². The quantitative estimate of drug-likeness (QED) is 0.395. The number of aryl methyl sites for hydroxylation is 2. The van der Waals surface area contributed by atoms with Crippen LogP contribution in [0.2, 0.25) is 0 Å². The van der Waals surface area contributed by atoms with Gasteiger partial charge < -0.3 is 24.1 Å². The summed E-state index contributed by atoms with van der Waals surface area (Å²) < 4.78 is 18.9. The van der Waals surface area contributed by atoms with Crippen molar-refractivity contribution in [3.63, 3.8) is 0 Å². The van der Waals surface area contributed by atoms with Gasteiger partial charge in [-0.15, -0.1) is 0 Å². The zero-order valence-electron chi connectivity index (χ0n) is 20.0. The van der Waals surface area contributed by atoms with Gasteiger partial charge in [0.1, 0.15) is 13.2 Å². The molecule has 0 aliphatic carbocycles. The van der Waals surface area contributed by atoms with Crippen LogP contribution in [-0.4, -0.2) is 48.1 Å². The van der Waals surface area contributed by atoms with Crippen LogP contribution in [0.25, 0.3) is 0 Å². The number of fused-ring (bicyclic) bond motifs is 1. The van der Waals surface area contributed by atoms with Gasteiger partial charge in [-0.25, -0.2) is 0 Å². The van der Waals surface area contributed by atoms with E-state index in [-0.39, 0.29) is 24.3 Å². The number of Topliss-reactive ketones (excluding diaryl/α,β-unsaturated/α-hetero) is 1. The summed E-state index contributed by atoms with van der Waals surface area (Å²) in [5.74, 6) is 0.0439. The topological polar surface area (TPSA) is 95.9 Å². The van der Waals surface area contributed by atoms with Crippen molar-refractivity contribution >= 4 is 17.7 Å². The van der Waals surface area contributed by atoms with Crippen molar-refractivity contribution in [3.8, 4) is 11.5 Å². The molecule has 1 unspecified atom stereocenters. The summed E-state index contributed by atoms with van der Waals surface area (Å²) >= 11 is 0. The maximum Gasteiger partial charge on any atom is 0.325 e. The van der Waals surface area contributed by atoms with Crippen LogP contribution in [0.4, 0.5) is 0 Å². The number of carbonyl (C=O) groups excluding carboxylic acids is 3. The van der Waals surface area contributed by atoms with E-state index in [9.17, 15) is 14.4 Å². The molecule has 4 rings (SSSR count). The molecule has 2 heterocycles. The SMILES string of the molecule is Cc1ccc(C(=O)NCC(=O)OCC(=O)c2cc(C)n(CC3COc4ccccc4O3)c2C)cc1. The molecule has 1 atom stereocenters. The lowest BCUT2D eigenvalue weighted by atomic mass is 10.1. The highest BCUT2D eigenvalue weighted by Gasteiger charge is 2.24. The fourth-order valence-corrected chi connectivity index (χ4v) is 3.96. The minimum absolute atomic E-state index is 0.201. The van der Waals surface area contributed by atoms with Gasteiger partial charge in [-0.2, -0.15) is 0 Å². The third-order valence-electron chi connectivity index (χ3n) is 5.90. The van der Waals surface area contributed by atoms with E-state index in [1.807, 2.05) is 61.7 Å². The Balaban J connectivity index is 1.29. The molecule has 0 radical (unpaired) electrons. The summed E-state index contributed by atoms with van der Waals surface area (Å²) in [5.41, 5.74) is 3.62. The Hall–Kier alpha value is -4.07. The van der Waals surface area contributed by atoms with Gasteiger partial charge in [0.05, 0.1) is 6.54 Å². The van der Waals surface area contributed by atoms with Crippen LogP contribution in [0, 0.1) is 20.8 Å². The molecule has 1 aromatic heterocycles. The molecule has 0 bridgehead atoms. The first-order valence-electron chi connectivity index (χ1n) is 11.4. The Kier molecular flexibility index (Phi) is 7.19. The predicted molar refractivity (Wildman–Crippen MR) is 129 cm³/mol. The number of benzene rings is 2. The van der Waals surface area contributed by atoms with Gasteiger partial charge in [-0.3, -0.25) is 14.4 Å². The van der Waals surface area contributed by atoms with Crippen molar-refractivity contribution < 1.29 is 28.6 Å². The monoisotopic (exact) mass is 476 g/mol. The lowest BCUT2D eigenvalue weighted by molar-refractivity contribution is -0.141. The second-order valence-electron chi connectivity index (χ2n) is 8.53. The van der Waals surface area contributed by atoms with Gasteiger partial charge in [-0.05, 0) is 51.1 Å². The van der Waals surface area contributed by atoms with Gasteiger partial charge in [0.15, 0.2) is 24.2 Å². The predicted octanol–water partition coefficient (Wildman–Crippen LogP) is 3.41. The highest BCUT2D eigenvalue weighted by atomic mass is 16.6. The summed E-state index contributed by atoms with van der Waals surface area (Å²) in [6.45, 7) is 5.88. The Morgan fingerprint density at radius 2 is 1.74 bits per heavy atom. The Labute approximate surface area is 203 Å². The second kappa shape index (κ2) is 10.5. The van der Waals surface area contributed by atoms with E-state index >= 15 is 0 Å². The van der Waals surface area contributed by atoms with Crippen LogP contribution in [0.3, 0.4) is 0 Å². The molecule has 8 heteroatoms. The Morgan fingerprint density at radius 3 is 2.49 bits per heavy atom. The van der Waals surface area contributed by atoms with E-state index in [1.54, 1.807) is 18.2 Å². The van der Waals surface area contributed by atoms with Crippen LogP contribution in [0.1, 0.15) is 37.7 Å². The van der Waals surface area contributed by atoms with Crippen molar-refractivity contribution in [2.75, 3.05) is 19.8 Å². The molecule has 2 aromatic carbocycles. The number of carbonyl (C=O) groups is 3. The number of nitrogens with zero attached hydrogens (tertiary/aromatic N) is 1. The summed E-state index contributed by atoms with van der Waals surface area (Å²) in [6, 6.07) is 16.3. The molecule has 8 nitrogen and oxygen atoms in total. The largest absolute Gasteiger partial charge is 0.486 e. The first-order valence-corrected chi connectivity index (χ1v) is 11.4. The van der Waals surface area contributed by atoms with Crippen molar-refractivity contribution in [2.24, 2.45) is 0 Å². The molecule has 35 heavy (non-hydrogen) atoms. The summed E-state index contributed by atoms with van der Waals surface area (Å²) in [4.78, 5) is 36.9. The minimum Gasteiger partial charge on any atom is -0.486 e. The summed E-state index contributed by atoms with van der Waals surface area (Å²) in [6.07, 6.45) is -0.201. The van der Waals surface area contributed by atoms with E-state index in [0.29, 0.717) is 30.0 Å². The molecule has 1 aliphatic heterocycles.